The molecule has 0 fully saturated rings. The molecule has 0 aliphatic heterocycles. The minimum Gasteiger partial charge on any atom is -0.313 e. The predicted octanol–water partition coefficient (Wildman–Crippen LogP) is 3.19. The highest BCUT2D eigenvalue weighted by atomic mass is 31.2. The van der Waals surface area contributed by atoms with E-state index in [0.29, 0.717) is 0 Å². The monoisotopic (exact) mass is 259 g/mol. The minimum absolute atomic E-state index is 0.322. The van der Waals surface area contributed by atoms with Gasteiger partial charge in [0.1, 0.15) is 7.14 Å². The fourth-order valence-electron chi connectivity index (χ4n) is 2.10. The Kier molecular flexibility index (Phi) is 3.41. The van der Waals surface area contributed by atoms with Crippen molar-refractivity contribution in [3.63, 3.8) is 0 Å². The van der Waals surface area contributed by atoms with Crippen molar-refractivity contribution < 1.29 is 4.57 Å². The molecule has 1 heterocycles. The number of pyridine rings is 1. The van der Waals surface area contributed by atoms with Gasteiger partial charge in [-0.3, -0.25) is 4.98 Å². The first-order valence-corrected chi connectivity index (χ1v) is 7.73. The lowest BCUT2D eigenvalue weighted by molar-refractivity contribution is 0.564. The summed E-state index contributed by atoms with van der Waals surface area (Å²) in [5, 5.41) is 1.39. The van der Waals surface area contributed by atoms with Crippen LogP contribution >= 0.6 is 7.14 Å². The van der Waals surface area contributed by atoms with Gasteiger partial charge in [0.2, 0.25) is 0 Å². The van der Waals surface area contributed by atoms with Gasteiger partial charge in [0.25, 0.3) is 0 Å². The molecule has 1 aromatic heterocycles. The van der Waals surface area contributed by atoms with Crippen LogP contribution in [0.25, 0.3) is 0 Å². The van der Waals surface area contributed by atoms with Gasteiger partial charge in [0, 0.05) is 28.2 Å². The zero-order chi connectivity index (χ0) is 13.2. The first-order chi connectivity index (χ1) is 8.46. The summed E-state index contributed by atoms with van der Waals surface area (Å²) in [7, 11) is -2.67. The molecule has 2 aromatic rings. The van der Waals surface area contributed by atoms with E-state index in [0.717, 1.165) is 10.6 Å². The molecule has 2 nitrogen and oxygen atoms in total. The molecule has 0 N–H and O–H groups in total. The predicted molar refractivity (Wildman–Crippen MR) is 77.3 cm³/mol. The molecule has 0 spiro atoms. The SMILES string of the molecule is CC(C)(C)P(=O)(c1ccccc1)c1cccnc1. The van der Waals surface area contributed by atoms with Crippen LogP contribution in [0.1, 0.15) is 20.8 Å². The Morgan fingerprint density at radius 3 is 2.06 bits per heavy atom. The van der Waals surface area contributed by atoms with Gasteiger partial charge in [-0.1, -0.05) is 51.1 Å². The van der Waals surface area contributed by atoms with Crippen LogP contribution in [0.15, 0.2) is 54.9 Å². The molecule has 94 valence electrons. The topological polar surface area (TPSA) is 30.0 Å². The van der Waals surface area contributed by atoms with Gasteiger partial charge >= 0.3 is 0 Å². The molecule has 0 aliphatic rings. The molecular formula is C15H18NOP. The lowest BCUT2D eigenvalue weighted by Crippen LogP contribution is -2.30. The highest BCUT2D eigenvalue weighted by Gasteiger charge is 2.39. The third kappa shape index (κ3) is 2.13. The number of benzene rings is 1. The van der Waals surface area contributed by atoms with Crippen molar-refractivity contribution in [3.8, 4) is 0 Å². The van der Waals surface area contributed by atoms with E-state index in [1.165, 1.54) is 0 Å². The third-order valence-corrected chi connectivity index (χ3v) is 6.98. The Labute approximate surface area is 108 Å². The number of aromatic nitrogens is 1. The van der Waals surface area contributed by atoms with Gasteiger partial charge in [-0.2, -0.15) is 0 Å². The van der Waals surface area contributed by atoms with Gasteiger partial charge in [-0.15, -0.1) is 0 Å². The molecule has 0 aliphatic carbocycles. The minimum atomic E-state index is -2.67. The van der Waals surface area contributed by atoms with Crippen LogP contribution in [-0.2, 0) is 4.57 Å². The number of nitrogens with zero attached hydrogens (tertiary/aromatic N) is 1. The van der Waals surface area contributed by atoms with Gasteiger partial charge in [-0.05, 0) is 12.1 Å². The van der Waals surface area contributed by atoms with Gasteiger partial charge < -0.3 is 4.57 Å². The van der Waals surface area contributed by atoms with Crippen molar-refractivity contribution in [2.75, 3.05) is 0 Å². The van der Waals surface area contributed by atoms with E-state index >= 15 is 0 Å². The molecule has 1 unspecified atom stereocenters. The summed E-state index contributed by atoms with van der Waals surface area (Å²) < 4.78 is 13.6. The fourth-order valence-corrected chi connectivity index (χ4v) is 5.07. The van der Waals surface area contributed by atoms with E-state index in [9.17, 15) is 4.57 Å². The molecule has 0 saturated carbocycles. The van der Waals surface area contributed by atoms with E-state index < -0.39 is 7.14 Å². The number of hydrogen-bond acceptors (Lipinski definition) is 2. The van der Waals surface area contributed by atoms with Crippen LogP contribution < -0.4 is 10.6 Å². The molecule has 18 heavy (non-hydrogen) atoms. The quantitative estimate of drug-likeness (QED) is 0.775. The second-order valence-corrected chi connectivity index (χ2v) is 8.92. The Morgan fingerprint density at radius 1 is 0.944 bits per heavy atom. The second-order valence-electron chi connectivity index (χ2n) is 5.33. The summed E-state index contributed by atoms with van der Waals surface area (Å²) in [5.41, 5.74) is 0. The number of rotatable bonds is 2. The van der Waals surface area contributed by atoms with E-state index in [1.54, 1.807) is 12.4 Å². The maximum Gasteiger partial charge on any atom is 0.149 e. The van der Waals surface area contributed by atoms with E-state index in [-0.39, 0.29) is 5.16 Å². The smallest absolute Gasteiger partial charge is 0.149 e. The highest BCUT2D eigenvalue weighted by Crippen LogP contribution is 2.55. The van der Waals surface area contributed by atoms with E-state index in [4.69, 9.17) is 0 Å². The summed E-state index contributed by atoms with van der Waals surface area (Å²) in [6.45, 7) is 6.06. The second kappa shape index (κ2) is 4.70. The van der Waals surface area contributed by atoms with Crippen LogP contribution in [0.4, 0.5) is 0 Å². The van der Waals surface area contributed by atoms with Crippen molar-refractivity contribution >= 4 is 17.8 Å². The lowest BCUT2D eigenvalue weighted by atomic mass is 10.3. The largest absolute Gasteiger partial charge is 0.313 e. The standard InChI is InChI=1S/C15H18NOP/c1-15(2,3)18(17,13-8-5-4-6-9-13)14-10-7-11-16-12-14/h4-12H,1-3H3. The highest BCUT2D eigenvalue weighted by molar-refractivity contribution is 7.80. The summed E-state index contributed by atoms with van der Waals surface area (Å²) >= 11 is 0. The van der Waals surface area contributed by atoms with Crippen LogP contribution in [0.3, 0.4) is 0 Å². The average molecular weight is 259 g/mol. The molecule has 2 rings (SSSR count). The summed E-state index contributed by atoms with van der Waals surface area (Å²) in [6.07, 6.45) is 3.43. The summed E-state index contributed by atoms with van der Waals surface area (Å²) in [6, 6.07) is 13.5. The summed E-state index contributed by atoms with van der Waals surface area (Å²) in [4.78, 5) is 4.12. The number of hydrogen-bond donors (Lipinski definition) is 0. The first kappa shape index (κ1) is 13.0. The molecule has 3 heteroatoms. The Morgan fingerprint density at radius 2 is 1.56 bits per heavy atom. The molecular weight excluding hydrogens is 241 g/mol. The maximum atomic E-state index is 13.6. The molecule has 0 radical (unpaired) electrons. The van der Waals surface area contributed by atoms with Gasteiger partial charge in [-0.25, -0.2) is 0 Å². The average Bonchev–Trinajstić information content (AvgIpc) is 2.38. The van der Waals surface area contributed by atoms with Crippen LogP contribution in [0, 0.1) is 0 Å². The first-order valence-electron chi connectivity index (χ1n) is 6.02. The zero-order valence-corrected chi connectivity index (χ0v) is 11.9. The zero-order valence-electron chi connectivity index (χ0n) is 11.0. The fraction of sp³-hybridized carbons (Fsp3) is 0.267. The van der Waals surface area contributed by atoms with E-state index in [1.807, 2.05) is 63.2 Å². The van der Waals surface area contributed by atoms with Crippen LogP contribution in [0.2, 0.25) is 0 Å². The normalized spacial score (nSPS) is 15.1. The Hall–Kier alpha value is -1.40. The van der Waals surface area contributed by atoms with Crippen LogP contribution in [0.5, 0.6) is 0 Å². The van der Waals surface area contributed by atoms with Gasteiger partial charge in [0.15, 0.2) is 0 Å². The molecule has 1 aromatic carbocycles. The third-order valence-electron chi connectivity index (χ3n) is 3.07. The Bertz CT molecular complexity index is 515. The summed E-state index contributed by atoms with van der Waals surface area (Å²) in [5.74, 6) is 0. The Balaban J connectivity index is 2.68. The lowest BCUT2D eigenvalue weighted by Gasteiger charge is -2.31. The van der Waals surface area contributed by atoms with Gasteiger partial charge in [0.05, 0.1) is 0 Å². The molecule has 0 saturated heterocycles. The van der Waals surface area contributed by atoms with Crippen molar-refractivity contribution in [1.29, 1.82) is 0 Å². The molecule has 0 bridgehead atoms. The van der Waals surface area contributed by atoms with Crippen molar-refractivity contribution in [2.24, 2.45) is 0 Å². The van der Waals surface area contributed by atoms with Crippen molar-refractivity contribution in [1.82, 2.24) is 4.98 Å². The molecule has 0 amide bonds. The van der Waals surface area contributed by atoms with Crippen molar-refractivity contribution in [2.45, 2.75) is 25.9 Å². The maximum absolute atomic E-state index is 13.6. The van der Waals surface area contributed by atoms with Crippen LogP contribution in [-0.4, -0.2) is 10.1 Å². The molecule has 1 atom stereocenters. The van der Waals surface area contributed by atoms with E-state index in [2.05, 4.69) is 4.98 Å². The van der Waals surface area contributed by atoms with Crippen molar-refractivity contribution in [3.05, 3.63) is 54.9 Å².